The van der Waals surface area contributed by atoms with Crippen LogP contribution in [0.2, 0.25) is 0 Å². The quantitative estimate of drug-likeness (QED) is 0.567. The first-order valence-corrected chi connectivity index (χ1v) is 7.97. The summed E-state index contributed by atoms with van der Waals surface area (Å²) >= 11 is 3.14. The summed E-state index contributed by atoms with van der Waals surface area (Å²) in [6.07, 6.45) is 7.42. The van der Waals surface area contributed by atoms with E-state index in [4.69, 9.17) is 0 Å². The van der Waals surface area contributed by atoms with Gasteiger partial charge in [-0.1, -0.05) is 18.6 Å². The summed E-state index contributed by atoms with van der Waals surface area (Å²) in [5.41, 5.74) is 1.45. The van der Waals surface area contributed by atoms with Gasteiger partial charge in [0, 0.05) is 11.6 Å². The molecule has 1 N–H and O–H groups in total. The molecule has 0 saturated carbocycles. The van der Waals surface area contributed by atoms with E-state index in [9.17, 15) is 8.78 Å². The molecule has 0 heterocycles. The Bertz CT molecular complexity index is 499. The monoisotopic (exact) mass is 343 g/mol. The predicted molar refractivity (Wildman–Crippen MR) is 81.6 cm³/mol. The Labute approximate surface area is 127 Å². The van der Waals surface area contributed by atoms with Crippen LogP contribution in [0.15, 0.2) is 28.3 Å². The van der Waals surface area contributed by atoms with Gasteiger partial charge in [-0.05, 0) is 66.7 Å². The number of benzene rings is 1. The van der Waals surface area contributed by atoms with E-state index >= 15 is 0 Å². The van der Waals surface area contributed by atoms with Crippen molar-refractivity contribution < 1.29 is 8.78 Å². The molecular formula is C16H20BrF2N. The first kappa shape index (κ1) is 15.6. The second-order valence-electron chi connectivity index (χ2n) is 5.18. The molecule has 0 spiro atoms. The molecule has 1 aliphatic carbocycles. The van der Waals surface area contributed by atoms with Crippen LogP contribution in [-0.2, 0) is 0 Å². The number of allylic oxidation sites excluding steroid dienone is 1. The number of nitrogens with one attached hydrogen (secondary N) is 1. The summed E-state index contributed by atoms with van der Waals surface area (Å²) in [6, 6.07) is 2.43. The van der Waals surface area contributed by atoms with Gasteiger partial charge >= 0.3 is 0 Å². The molecule has 0 bridgehead atoms. The van der Waals surface area contributed by atoms with Gasteiger partial charge in [0.25, 0.3) is 0 Å². The summed E-state index contributed by atoms with van der Waals surface area (Å²) in [6.45, 7) is 2.64. The van der Waals surface area contributed by atoms with E-state index < -0.39 is 11.6 Å². The van der Waals surface area contributed by atoms with Crippen molar-refractivity contribution in [2.24, 2.45) is 0 Å². The highest BCUT2D eigenvalue weighted by molar-refractivity contribution is 9.10. The average Bonchev–Trinajstić information content (AvgIpc) is 2.45. The molecule has 0 saturated heterocycles. The van der Waals surface area contributed by atoms with Crippen LogP contribution in [-0.4, -0.2) is 6.54 Å². The Balaban J connectivity index is 2.28. The topological polar surface area (TPSA) is 12.0 Å². The third-order valence-corrected chi connectivity index (χ3v) is 4.34. The zero-order chi connectivity index (χ0) is 14.5. The van der Waals surface area contributed by atoms with E-state index in [-0.39, 0.29) is 11.6 Å². The lowest BCUT2D eigenvalue weighted by Gasteiger charge is -2.23. The fourth-order valence-corrected chi connectivity index (χ4v) is 3.08. The molecule has 1 unspecified atom stereocenters. The molecule has 1 nitrogen and oxygen atoms in total. The second-order valence-corrected chi connectivity index (χ2v) is 6.03. The molecule has 2 rings (SSSR count). The van der Waals surface area contributed by atoms with E-state index in [0.29, 0.717) is 17.4 Å². The molecule has 0 fully saturated rings. The van der Waals surface area contributed by atoms with Gasteiger partial charge in [0.1, 0.15) is 11.6 Å². The van der Waals surface area contributed by atoms with Crippen molar-refractivity contribution in [2.75, 3.05) is 6.54 Å². The van der Waals surface area contributed by atoms with Gasteiger partial charge in [0.05, 0.1) is 4.47 Å². The Hall–Kier alpha value is -0.740. The first-order valence-electron chi connectivity index (χ1n) is 7.18. The van der Waals surface area contributed by atoms with Crippen molar-refractivity contribution >= 4 is 15.9 Å². The smallest absolute Gasteiger partial charge is 0.145 e. The molecular weight excluding hydrogens is 324 g/mol. The van der Waals surface area contributed by atoms with E-state index in [1.807, 2.05) is 6.92 Å². The van der Waals surface area contributed by atoms with E-state index in [0.717, 1.165) is 12.8 Å². The molecule has 0 aliphatic heterocycles. The predicted octanol–water partition coefficient (Wildman–Crippen LogP) is 5.27. The highest BCUT2D eigenvalue weighted by atomic mass is 79.9. The summed E-state index contributed by atoms with van der Waals surface area (Å²) < 4.78 is 28.6. The van der Waals surface area contributed by atoms with E-state index in [1.54, 1.807) is 0 Å². The van der Waals surface area contributed by atoms with Crippen molar-refractivity contribution in [1.29, 1.82) is 0 Å². The first-order chi connectivity index (χ1) is 9.63. The number of halogens is 3. The Morgan fingerprint density at radius 1 is 1.30 bits per heavy atom. The minimum absolute atomic E-state index is 0.146. The van der Waals surface area contributed by atoms with Crippen molar-refractivity contribution in [2.45, 2.75) is 45.1 Å². The molecule has 0 aromatic heterocycles. The van der Waals surface area contributed by atoms with Crippen LogP contribution in [0.5, 0.6) is 0 Å². The lowest BCUT2D eigenvalue weighted by Crippen LogP contribution is -2.24. The van der Waals surface area contributed by atoms with Crippen LogP contribution in [0.25, 0.3) is 0 Å². The van der Waals surface area contributed by atoms with Gasteiger partial charge in [-0.15, -0.1) is 0 Å². The molecule has 4 heteroatoms. The fourth-order valence-electron chi connectivity index (χ4n) is 2.74. The molecule has 20 heavy (non-hydrogen) atoms. The highest BCUT2D eigenvalue weighted by Gasteiger charge is 2.22. The standard InChI is InChI=1S/C16H20BrF2N/c1-2-20-14(10-11-6-4-3-5-7-11)15-13(18)9-8-12(17)16(15)19/h6,8-9,14,20H,2-5,7,10H2,1H3. The zero-order valence-corrected chi connectivity index (χ0v) is 13.3. The summed E-state index contributed by atoms with van der Waals surface area (Å²) in [5.74, 6) is -0.972. The third-order valence-electron chi connectivity index (χ3n) is 3.73. The lowest BCUT2D eigenvalue weighted by molar-refractivity contribution is 0.462. The highest BCUT2D eigenvalue weighted by Crippen LogP contribution is 2.32. The van der Waals surface area contributed by atoms with Crippen molar-refractivity contribution in [1.82, 2.24) is 5.32 Å². The Morgan fingerprint density at radius 2 is 2.10 bits per heavy atom. The van der Waals surface area contributed by atoms with Gasteiger partial charge in [0.2, 0.25) is 0 Å². The van der Waals surface area contributed by atoms with Crippen LogP contribution >= 0.6 is 15.9 Å². The van der Waals surface area contributed by atoms with Crippen LogP contribution in [0.4, 0.5) is 8.78 Å². The summed E-state index contributed by atoms with van der Waals surface area (Å²) in [5, 5.41) is 3.21. The normalized spacial score (nSPS) is 16.9. The van der Waals surface area contributed by atoms with Crippen molar-refractivity contribution in [3.8, 4) is 0 Å². The van der Waals surface area contributed by atoms with E-state index in [2.05, 4.69) is 27.3 Å². The van der Waals surface area contributed by atoms with Crippen LogP contribution in [0.1, 0.15) is 50.6 Å². The van der Waals surface area contributed by atoms with Gasteiger partial charge in [-0.3, -0.25) is 0 Å². The SMILES string of the molecule is CCNC(CC1=CCCCC1)c1c(F)ccc(Br)c1F. The number of hydrogen-bond acceptors (Lipinski definition) is 1. The molecule has 1 aliphatic rings. The summed E-state index contributed by atoms with van der Waals surface area (Å²) in [7, 11) is 0. The van der Waals surface area contributed by atoms with Crippen molar-refractivity contribution in [3.63, 3.8) is 0 Å². The molecule has 0 amide bonds. The van der Waals surface area contributed by atoms with Crippen LogP contribution < -0.4 is 5.32 Å². The Kier molecular flexibility index (Phi) is 5.73. The molecule has 110 valence electrons. The van der Waals surface area contributed by atoms with Crippen LogP contribution in [0, 0.1) is 11.6 Å². The maximum Gasteiger partial charge on any atom is 0.145 e. The molecule has 1 atom stereocenters. The second kappa shape index (κ2) is 7.32. The zero-order valence-electron chi connectivity index (χ0n) is 11.7. The molecule has 0 radical (unpaired) electrons. The van der Waals surface area contributed by atoms with Gasteiger partial charge in [-0.2, -0.15) is 0 Å². The van der Waals surface area contributed by atoms with Gasteiger partial charge < -0.3 is 5.32 Å². The molecule has 1 aromatic rings. The lowest BCUT2D eigenvalue weighted by atomic mass is 9.91. The van der Waals surface area contributed by atoms with E-state index in [1.165, 1.54) is 30.5 Å². The van der Waals surface area contributed by atoms with Crippen molar-refractivity contribution in [3.05, 3.63) is 45.5 Å². The largest absolute Gasteiger partial charge is 0.310 e. The maximum atomic E-state index is 14.2. The minimum atomic E-state index is -0.493. The molecule has 1 aromatic carbocycles. The van der Waals surface area contributed by atoms with Gasteiger partial charge in [0.15, 0.2) is 0 Å². The number of rotatable bonds is 5. The number of hydrogen-bond donors (Lipinski definition) is 1. The van der Waals surface area contributed by atoms with Crippen LogP contribution in [0.3, 0.4) is 0 Å². The average molecular weight is 344 g/mol. The fraction of sp³-hybridized carbons (Fsp3) is 0.500. The van der Waals surface area contributed by atoms with Gasteiger partial charge in [-0.25, -0.2) is 8.78 Å². The summed E-state index contributed by atoms with van der Waals surface area (Å²) in [4.78, 5) is 0. The minimum Gasteiger partial charge on any atom is -0.310 e. The maximum absolute atomic E-state index is 14.2. The Morgan fingerprint density at radius 3 is 2.75 bits per heavy atom. The third kappa shape index (κ3) is 3.67.